The lowest BCUT2D eigenvalue weighted by atomic mass is 10.1. The van der Waals surface area contributed by atoms with Gasteiger partial charge in [0.05, 0.1) is 25.4 Å². The van der Waals surface area contributed by atoms with Crippen molar-refractivity contribution in [3.05, 3.63) is 65.7 Å². The smallest absolute Gasteiger partial charge is 0.313 e. The molecular weight excluding hydrogens is 384 g/mol. The van der Waals surface area contributed by atoms with Gasteiger partial charge in [0.15, 0.2) is 0 Å². The Balaban J connectivity index is 1.50. The van der Waals surface area contributed by atoms with E-state index in [0.717, 1.165) is 17.7 Å². The minimum atomic E-state index is -1.16. The Morgan fingerprint density at radius 3 is 2.55 bits per heavy atom. The summed E-state index contributed by atoms with van der Waals surface area (Å²) in [5.74, 6) is -4.46. The molecule has 0 spiro atoms. The van der Waals surface area contributed by atoms with Crippen molar-refractivity contribution >= 4 is 23.4 Å². The lowest BCUT2D eigenvalue weighted by Crippen LogP contribution is -2.48. The van der Waals surface area contributed by atoms with Crippen LogP contribution in [-0.4, -0.2) is 48.9 Å². The summed E-state index contributed by atoms with van der Waals surface area (Å²) in [5.41, 5.74) is 0.603. The zero-order valence-electron chi connectivity index (χ0n) is 15.4. The number of ether oxygens (including phenoxy) is 1. The Morgan fingerprint density at radius 2 is 1.83 bits per heavy atom. The first kappa shape index (κ1) is 20.4. The van der Waals surface area contributed by atoms with Crippen LogP contribution in [0.25, 0.3) is 0 Å². The van der Waals surface area contributed by atoms with Crippen molar-refractivity contribution in [2.24, 2.45) is 0 Å². The molecule has 1 aliphatic heterocycles. The fourth-order valence-electron chi connectivity index (χ4n) is 2.86. The van der Waals surface area contributed by atoms with Crippen LogP contribution in [0.1, 0.15) is 11.7 Å². The summed E-state index contributed by atoms with van der Waals surface area (Å²) in [4.78, 5) is 37.6. The molecule has 3 amide bonds. The number of anilines is 1. The van der Waals surface area contributed by atoms with Gasteiger partial charge in [-0.25, -0.2) is 8.78 Å². The van der Waals surface area contributed by atoms with Crippen LogP contribution in [0.2, 0.25) is 0 Å². The average Bonchev–Trinajstić information content (AvgIpc) is 2.74. The topological polar surface area (TPSA) is 87.7 Å². The van der Waals surface area contributed by atoms with Gasteiger partial charge in [0.2, 0.25) is 5.91 Å². The minimum absolute atomic E-state index is 0.269. The number of nitrogens with zero attached hydrogens (tertiary/aromatic N) is 1. The highest BCUT2D eigenvalue weighted by molar-refractivity contribution is 6.39. The molecule has 9 heteroatoms. The molecule has 2 N–H and O–H groups in total. The minimum Gasteiger partial charge on any atom is -0.370 e. The molecule has 1 fully saturated rings. The number of halogens is 2. The predicted molar refractivity (Wildman–Crippen MR) is 99.7 cm³/mol. The molecule has 0 saturated carbocycles. The Bertz CT molecular complexity index is 908. The van der Waals surface area contributed by atoms with Crippen LogP contribution in [0.4, 0.5) is 14.5 Å². The van der Waals surface area contributed by atoms with Crippen LogP contribution < -0.4 is 10.6 Å². The second-order valence-corrected chi connectivity index (χ2v) is 6.37. The number of benzene rings is 2. The van der Waals surface area contributed by atoms with Crippen LogP contribution in [0.15, 0.2) is 48.5 Å². The maximum Gasteiger partial charge on any atom is 0.313 e. The van der Waals surface area contributed by atoms with Crippen LogP contribution in [0.5, 0.6) is 0 Å². The van der Waals surface area contributed by atoms with Crippen LogP contribution in [-0.2, 0) is 19.1 Å². The predicted octanol–water partition coefficient (Wildman–Crippen LogP) is 1.62. The SMILES string of the molecule is O=C(NCC(=O)N1CCOC(c2ccccc2)C1)C(=O)Nc1ccc(F)cc1F. The summed E-state index contributed by atoms with van der Waals surface area (Å²) < 4.78 is 32.1. The fourth-order valence-corrected chi connectivity index (χ4v) is 2.86. The molecule has 152 valence electrons. The Hall–Kier alpha value is -3.33. The lowest BCUT2D eigenvalue weighted by Gasteiger charge is -2.33. The van der Waals surface area contributed by atoms with Crippen molar-refractivity contribution < 1.29 is 27.9 Å². The zero-order valence-corrected chi connectivity index (χ0v) is 15.4. The standard InChI is InChI=1S/C20H19F2N3O4/c21-14-6-7-16(15(22)10-14)24-20(28)19(27)23-11-18(26)25-8-9-29-17(12-25)13-4-2-1-3-5-13/h1-7,10,17H,8-9,11-12H2,(H,23,27)(H,24,28). The molecule has 1 atom stereocenters. The van der Waals surface area contributed by atoms with E-state index < -0.39 is 23.4 Å². The van der Waals surface area contributed by atoms with Gasteiger partial charge in [-0.15, -0.1) is 0 Å². The first-order valence-corrected chi connectivity index (χ1v) is 8.92. The third kappa shape index (κ3) is 5.35. The van der Waals surface area contributed by atoms with E-state index >= 15 is 0 Å². The second-order valence-electron chi connectivity index (χ2n) is 6.37. The number of rotatable bonds is 4. The number of carbonyl (C=O) groups is 3. The number of hydrogen-bond acceptors (Lipinski definition) is 4. The van der Waals surface area contributed by atoms with Crippen molar-refractivity contribution in [1.82, 2.24) is 10.2 Å². The van der Waals surface area contributed by atoms with Gasteiger partial charge in [0, 0.05) is 12.6 Å². The normalized spacial score (nSPS) is 16.2. The van der Waals surface area contributed by atoms with Crippen molar-refractivity contribution in [2.45, 2.75) is 6.10 Å². The number of amides is 3. The number of nitrogens with one attached hydrogen (secondary N) is 2. The molecule has 2 aromatic rings. The highest BCUT2D eigenvalue weighted by Crippen LogP contribution is 2.21. The van der Waals surface area contributed by atoms with Gasteiger partial charge in [-0.05, 0) is 17.7 Å². The van der Waals surface area contributed by atoms with Crippen molar-refractivity contribution in [3.63, 3.8) is 0 Å². The quantitative estimate of drug-likeness (QED) is 0.760. The summed E-state index contributed by atoms with van der Waals surface area (Å²) >= 11 is 0. The Labute approximate surface area is 165 Å². The van der Waals surface area contributed by atoms with Crippen LogP contribution in [0, 0.1) is 11.6 Å². The van der Waals surface area contributed by atoms with Gasteiger partial charge in [-0.1, -0.05) is 30.3 Å². The summed E-state index contributed by atoms with van der Waals surface area (Å²) in [6.45, 7) is 0.653. The van der Waals surface area contributed by atoms with E-state index in [1.54, 1.807) is 4.90 Å². The average molecular weight is 403 g/mol. The van der Waals surface area contributed by atoms with Gasteiger partial charge >= 0.3 is 11.8 Å². The molecule has 0 aliphatic carbocycles. The van der Waals surface area contributed by atoms with E-state index in [4.69, 9.17) is 4.74 Å². The van der Waals surface area contributed by atoms with Crippen molar-refractivity contribution in [1.29, 1.82) is 0 Å². The summed E-state index contributed by atoms with van der Waals surface area (Å²) in [6, 6.07) is 12.0. The second kappa shape index (κ2) is 9.24. The van der Waals surface area contributed by atoms with Crippen molar-refractivity contribution in [2.75, 3.05) is 31.6 Å². The number of carbonyl (C=O) groups excluding carboxylic acids is 3. The molecule has 1 heterocycles. The molecule has 1 aliphatic rings. The van der Waals surface area contributed by atoms with E-state index in [-0.39, 0.29) is 24.2 Å². The summed E-state index contributed by atoms with van der Waals surface area (Å²) in [7, 11) is 0. The van der Waals surface area contributed by atoms with Gasteiger partial charge in [-0.2, -0.15) is 0 Å². The Kier molecular flexibility index (Phi) is 6.50. The van der Waals surface area contributed by atoms with Gasteiger partial charge in [0.1, 0.15) is 17.7 Å². The molecule has 0 bridgehead atoms. The lowest BCUT2D eigenvalue weighted by molar-refractivity contribution is -0.141. The molecule has 2 aromatic carbocycles. The molecule has 29 heavy (non-hydrogen) atoms. The molecular formula is C20H19F2N3O4. The first-order valence-electron chi connectivity index (χ1n) is 8.92. The van der Waals surface area contributed by atoms with Crippen molar-refractivity contribution in [3.8, 4) is 0 Å². The largest absolute Gasteiger partial charge is 0.370 e. The van der Waals surface area contributed by atoms with Gasteiger partial charge in [0.25, 0.3) is 0 Å². The molecule has 7 nitrogen and oxygen atoms in total. The fraction of sp³-hybridized carbons (Fsp3) is 0.250. The third-order valence-electron chi connectivity index (χ3n) is 4.38. The molecule has 3 rings (SSSR count). The number of hydrogen-bond donors (Lipinski definition) is 2. The highest BCUT2D eigenvalue weighted by atomic mass is 19.1. The van der Waals surface area contributed by atoms with Crippen LogP contribution >= 0.6 is 0 Å². The van der Waals surface area contributed by atoms with E-state index in [1.165, 1.54) is 0 Å². The monoisotopic (exact) mass is 403 g/mol. The van der Waals surface area contributed by atoms with E-state index in [0.29, 0.717) is 25.8 Å². The van der Waals surface area contributed by atoms with E-state index in [2.05, 4.69) is 5.32 Å². The summed E-state index contributed by atoms with van der Waals surface area (Å²) in [5, 5.41) is 4.24. The number of morpholine rings is 1. The zero-order chi connectivity index (χ0) is 20.8. The van der Waals surface area contributed by atoms with E-state index in [1.807, 2.05) is 35.6 Å². The molecule has 0 aromatic heterocycles. The third-order valence-corrected chi connectivity index (χ3v) is 4.38. The van der Waals surface area contributed by atoms with Gasteiger partial charge in [-0.3, -0.25) is 14.4 Å². The van der Waals surface area contributed by atoms with Crippen LogP contribution in [0.3, 0.4) is 0 Å². The van der Waals surface area contributed by atoms with E-state index in [9.17, 15) is 23.2 Å². The first-order chi connectivity index (χ1) is 13.9. The molecule has 1 unspecified atom stereocenters. The maximum atomic E-state index is 13.5. The summed E-state index contributed by atoms with van der Waals surface area (Å²) in [6.07, 6.45) is -0.269. The molecule has 1 saturated heterocycles. The molecule has 0 radical (unpaired) electrons. The Morgan fingerprint density at radius 1 is 1.07 bits per heavy atom. The highest BCUT2D eigenvalue weighted by Gasteiger charge is 2.26. The van der Waals surface area contributed by atoms with Gasteiger partial charge < -0.3 is 20.3 Å². The maximum absolute atomic E-state index is 13.5.